The normalized spacial score (nSPS) is 18.0. The predicted molar refractivity (Wildman–Crippen MR) is 124 cm³/mol. The summed E-state index contributed by atoms with van der Waals surface area (Å²) in [6, 6.07) is 10.1. The van der Waals surface area contributed by atoms with Crippen LogP contribution in [0.25, 0.3) is 11.1 Å². The zero-order chi connectivity index (χ0) is 25.1. The molecular weight excluding hydrogens is 463 g/mol. The molecule has 0 aliphatic heterocycles. The molecule has 0 amide bonds. The second kappa shape index (κ2) is 10.8. The molecule has 0 spiro atoms. The van der Waals surface area contributed by atoms with E-state index in [4.69, 9.17) is 9.47 Å². The van der Waals surface area contributed by atoms with Gasteiger partial charge in [-0.3, -0.25) is 0 Å². The van der Waals surface area contributed by atoms with Gasteiger partial charge in [-0.25, -0.2) is 17.6 Å². The molecule has 2 nitrogen and oxygen atoms in total. The highest BCUT2D eigenvalue weighted by atomic mass is 19.2. The van der Waals surface area contributed by atoms with Crippen LogP contribution in [0.4, 0.5) is 22.0 Å². The van der Waals surface area contributed by atoms with Crippen molar-refractivity contribution in [3.63, 3.8) is 0 Å². The van der Waals surface area contributed by atoms with Gasteiger partial charge in [-0.15, -0.1) is 0 Å². The van der Waals surface area contributed by atoms with Crippen LogP contribution in [0.2, 0.25) is 0 Å². The summed E-state index contributed by atoms with van der Waals surface area (Å²) in [6.07, 6.45) is 2.47. The van der Waals surface area contributed by atoms with Crippen LogP contribution in [0.3, 0.4) is 0 Å². The third kappa shape index (κ3) is 5.35. The van der Waals surface area contributed by atoms with E-state index in [0.717, 1.165) is 6.07 Å². The van der Waals surface area contributed by atoms with E-state index in [1.807, 2.05) is 0 Å². The van der Waals surface area contributed by atoms with E-state index >= 15 is 0 Å². The van der Waals surface area contributed by atoms with Crippen LogP contribution in [0.5, 0.6) is 5.75 Å². The van der Waals surface area contributed by atoms with Gasteiger partial charge in [0.2, 0.25) is 5.82 Å². The van der Waals surface area contributed by atoms with Crippen molar-refractivity contribution in [3.05, 3.63) is 88.2 Å². The van der Waals surface area contributed by atoms with Crippen molar-refractivity contribution in [2.24, 2.45) is 0 Å². The summed E-state index contributed by atoms with van der Waals surface area (Å²) in [5.41, 5.74) is 1.13. The zero-order valence-electron chi connectivity index (χ0n) is 19.6. The molecule has 3 aromatic rings. The van der Waals surface area contributed by atoms with Crippen LogP contribution in [-0.2, 0) is 11.3 Å². The fourth-order valence-electron chi connectivity index (χ4n) is 4.58. The Morgan fingerprint density at radius 1 is 0.800 bits per heavy atom. The summed E-state index contributed by atoms with van der Waals surface area (Å²) in [5.74, 6) is -4.63. The minimum atomic E-state index is -1.11. The monoisotopic (exact) mass is 490 g/mol. The number of halogens is 5. The van der Waals surface area contributed by atoms with Gasteiger partial charge < -0.3 is 9.47 Å². The fraction of sp³-hybridized carbons (Fsp3) is 0.357. The second-order valence-corrected chi connectivity index (χ2v) is 8.86. The van der Waals surface area contributed by atoms with Gasteiger partial charge in [-0.2, -0.15) is 4.39 Å². The van der Waals surface area contributed by atoms with Crippen molar-refractivity contribution in [1.29, 1.82) is 0 Å². The first kappa shape index (κ1) is 25.2. The summed E-state index contributed by atoms with van der Waals surface area (Å²) in [7, 11) is 0. The molecule has 3 aromatic carbocycles. The Morgan fingerprint density at radius 2 is 1.54 bits per heavy atom. The lowest BCUT2D eigenvalue weighted by Gasteiger charge is -2.29. The molecule has 1 aliphatic rings. The predicted octanol–water partition coefficient (Wildman–Crippen LogP) is 8.00. The number of rotatable bonds is 7. The topological polar surface area (TPSA) is 18.5 Å². The van der Waals surface area contributed by atoms with E-state index in [9.17, 15) is 22.0 Å². The van der Waals surface area contributed by atoms with Crippen LogP contribution < -0.4 is 4.74 Å². The summed E-state index contributed by atoms with van der Waals surface area (Å²) in [4.78, 5) is 0. The average Bonchev–Trinajstić information content (AvgIpc) is 2.85. The maximum Gasteiger partial charge on any atom is 0.201 e. The minimum Gasteiger partial charge on any atom is -0.491 e. The molecule has 0 unspecified atom stereocenters. The number of hydrogen-bond donors (Lipinski definition) is 0. The molecule has 0 saturated heterocycles. The highest BCUT2D eigenvalue weighted by Gasteiger charge is 2.26. The third-order valence-corrected chi connectivity index (χ3v) is 6.60. The molecule has 1 saturated carbocycles. The van der Waals surface area contributed by atoms with Crippen molar-refractivity contribution in [1.82, 2.24) is 0 Å². The maximum atomic E-state index is 14.7. The molecule has 0 bridgehead atoms. The first-order valence-electron chi connectivity index (χ1n) is 11.8. The average molecular weight is 491 g/mol. The summed E-state index contributed by atoms with van der Waals surface area (Å²) in [6.45, 7) is 3.42. The standard InChI is InChI=1S/C28H27F5O2/c1-3-34-24-13-12-22(27(32)28(24)33)18-5-6-19(23(29)14-18)15-35-20-9-7-17(8-10-20)21-11-4-16(2)25(30)26(21)31/h4-6,11-14,17,20H,3,7-10,15H2,1-2H3. The van der Waals surface area contributed by atoms with Crippen molar-refractivity contribution in [2.75, 3.05) is 6.61 Å². The first-order valence-corrected chi connectivity index (χ1v) is 11.8. The van der Waals surface area contributed by atoms with E-state index in [-0.39, 0.29) is 47.7 Å². The summed E-state index contributed by atoms with van der Waals surface area (Å²) < 4.78 is 82.5. The lowest BCUT2D eigenvalue weighted by Crippen LogP contribution is -2.21. The smallest absolute Gasteiger partial charge is 0.201 e. The molecule has 0 atom stereocenters. The maximum absolute atomic E-state index is 14.7. The second-order valence-electron chi connectivity index (χ2n) is 8.86. The fourth-order valence-corrected chi connectivity index (χ4v) is 4.58. The lowest BCUT2D eigenvalue weighted by atomic mass is 9.82. The Labute approximate surface area is 201 Å². The minimum absolute atomic E-state index is 0.0229. The van der Waals surface area contributed by atoms with Crippen molar-refractivity contribution >= 4 is 0 Å². The van der Waals surface area contributed by atoms with E-state index in [0.29, 0.717) is 36.8 Å². The number of ether oxygens (including phenoxy) is 2. The number of benzene rings is 3. The molecule has 0 aromatic heterocycles. The quantitative estimate of drug-likeness (QED) is 0.313. The molecule has 1 fully saturated rings. The number of hydrogen-bond acceptors (Lipinski definition) is 2. The third-order valence-electron chi connectivity index (χ3n) is 6.60. The molecule has 186 valence electrons. The molecular formula is C28H27F5O2. The van der Waals surface area contributed by atoms with Gasteiger partial charge in [-0.1, -0.05) is 24.3 Å². The molecule has 35 heavy (non-hydrogen) atoms. The Kier molecular flexibility index (Phi) is 7.75. The van der Waals surface area contributed by atoms with Gasteiger partial charge in [-0.05, 0) is 80.3 Å². The Bertz CT molecular complexity index is 1200. The number of aryl methyl sites for hydroxylation is 1. The molecule has 0 heterocycles. The Hall–Kier alpha value is -2.93. The molecule has 4 rings (SSSR count). The Morgan fingerprint density at radius 3 is 2.23 bits per heavy atom. The van der Waals surface area contributed by atoms with Crippen molar-refractivity contribution in [3.8, 4) is 16.9 Å². The van der Waals surface area contributed by atoms with E-state index in [2.05, 4.69) is 0 Å². The van der Waals surface area contributed by atoms with Crippen LogP contribution >= 0.6 is 0 Å². The molecule has 7 heteroatoms. The van der Waals surface area contributed by atoms with Gasteiger partial charge >= 0.3 is 0 Å². The Balaban J connectivity index is 1.37. The largest absolute Gasteiger partial charge is 0.491 e. The molecule has 0 radical (unpaired) electrons. The van der Waals surface area contributed by atoms with Crippen LogP contribution in [-0.4, -0.2) is 12.7 Å². The zero-order valence-corrected chi connectivity index (χ0v) is 19.6. The summed E-state index contributed by atoms with van der Waals surface area (Å²) >= 11 is 0. The first-order chi connectivity index (χ1) is 16.8. The highest BCUT2D eigenvalue weighted by molar-refractivity contribution is 5.65. The highest BCUT2D eigenvalue weighted by Crippen LogP contribution is 2.37. The van der Waals surface area contributed by atoms with Gasteiger partial charge in [0.05, 0.1) is 19.3 Å². The van der Waals surface area contributed by atoms with Crippen molar-refractivity contribution < 1.29 is 31.4 Å². The molecule has 0 N–H and O–H groups in total. The molecule has 1 aliphatic carbocycles. The SMILES string of the molecule is CCOc1ccc(-c2ccc(COC3CCC(c4ccc(C)c(F)c4F)CC3)c(F)c2)c(F)c1F. The van der Waals surface area contributed by atoms with E-state index < -0.39 is 29.1 Å². The van der Waals surface area contributed by atoms with Gasteiger partial charge in [0.1, 0.15) is 5.82 Å². The van der Waals surface area contributed by atoms with E-state index in [1.165, 1.54) is 31.2 Å². The van der Waals surface area contributed by atoms with Gasteiger partial charge in [0, 0.05) is 11.1 Å². The van der Waals surface area contributed by atoms with E-state index in [1.54, 1.807) is 19.1 Å². The van der Waals surface area contributed by atoms with Gasteiger partial charge in [0.25, 0.3) is 0 Å². The summed E-state index contributed by atoms with van der Waals surface area (Å²) in [5, 5.41) is 0. The lowest BCUT2D eigenvalue weighted by molar-refractivity contribution is 0.0119. The van der Waals surface area contributed by atoms with Crippen LogP contribution in [0.15, 0.2) is 42.5 Å². The van der Waals surface area contributed by atoms with Gasteiger partial charge in [0.15, 0.2) is 23.2 Å². The van der Waals surface area contributed by atoms with Crippen LogP contribution in [0.1, 0.15) is 55.2 Å². The van der Waals surface area contributed by atoms with Crippen LogP contribution in [0, 0.1) is 36.0 Å². The van der Waals surface area contributed by atoms with Crippen molar-refractivity contribution in [2.45, 2.75) is 58.2 Å².